The van der Waals surface area contributed by atoms with Gasteiger partial charge in [-0.15, -0.1) is 0 Å². The molecule has 1 heterocycles. The average molecular weight is 531 g/mol. The molecule has 9 heteroatoms. The van der Waals surface area contributed by atoms with Crippen LogP contribution in [0.4, 0.5) is 4.79 Å². The fourth-order valence-electron chi connectivity index (χ4n) is 3.89. The van der Waals surface area contributed by atoms with Crippen LogP contribution in [0.5, 0.6) is 17.2 Å². The molecule has 0 saturated carbocycles. The highest BCUT2D eigenvalue weighted by Gasteiger charge is 2.20. The summed E-state index contributed by atoms with van der Waals surface area (Å²) in [6, 6.07) is 23.5. The maximum absolute atomic E-state index is 12.8. The van der Waals surface area contributed by atoms with E-state index in [0.29, 0.717) is 42.6 Å². The smallest absolute Gasteiger partial charge is 0.416 e. The molecule has 39 heavy (non-hydrogen) atoms. The highest BCUT2D eigenvalue weighted by Crippen LogP contribution is 2.23. The van der Waals surface area contributed by atoms with Crippen LogP contribution in [0.1, 0.15) is 23.9 Å². The molecule has 202 valence electrons. The highest BCUT2D eigenvalue weighted by atomic mass is 16.6. The van der Waals surface area contributed by atoms with Gasteiger partial charge in [-0.25, -0.2) is 9.78 Å². The van der Waals surface area contributed by atoms with Gasteiger partial charge in [-0.3, -0.25) is 9.69 Å². The third-order valence-corrected chi connectivity index (χ3v) is 5.70. The van der Waals surface area contributed by atoms with Crippen molar-refractivity contribution in [2.45, 2.75) is 26.8 Å². The number of hydrogen-bond donors (Lipinski definition) is 1. The first kappa shape index (κ1) is 27.3. The first-order valence-electron chi connectivity index (χ1n) is 12.6. The molecule has 4 aromatic rings. The summed E-state index contributed by atoms with van der Waals surface area (Å²) in [6.07, 6.45) is -0.238. The Kier molecular flexibility index (Phi) is 9.18. The Labute approximate surface area is 226 Å². The maximum Gasteiger partial charge on any atom is 0.416 e. The largest absolute Gasteiger partial charge is 0.494 e. The number of aliphatic carboxylic acids is 1. The zero-order chi connectivity index (χ0) is 27.6. The quantitative estimate of drug-likeness (QED) is 0.246. The van der Waals surface area contributed by atoms with Gasteiger partial charge in [0.05, 0.1) is 18.9 Å². The SMILES string of the molecule is CCOc1cccc(OC(=O)N(CC(=O)O)Cc2cccc(OCCc3nc(-c4ccccc4)oc3C)c2)c1. The number of ether oxygens (including phenoxy) is 3. The van der Waals surface area contributed by atoms with Crippen LogP contribution >= 0.6 is 0 Å². The van der Waals surface area contributed by atoms with Gasteiger partial charge in [0, 0.05) is 24.6 Å². The number of nitrogens with zero attached hydrogens (tertiary/aromatic N) is 2. The lowest BCUT2D eigenvalue weighted by molar-refractivity contribution is -0.138. The summed E-state index contributed by atoms with van der Waals surface area (Å²) < 4.78 is 22.6. The van der Waals surface area contributed by atoms with Crippen LogP contribution in [-0.4, -0.2) is 46.8 Å². The van der Waals surface area contributed by atoms with Gasteiger partial charge in [0.25, 0.3) is 0 Å². The van der Waals surface area contributed by atoms with E-state index in [1.54, 1.807) is 48.5 Å². The second kappa shape index (κ2) is 13.1. The van der Waals surface area contributed by atoms with Crippen molar-refractivity contribution >= 4 is 12.1 Å². The van der Waals surface area contributed by atoms with Crippen molar-refractivity contribution in [3.05, 3.63) is 95.9 Å². The minimum absolute atomic E-state index is 0.0241. The molecular formula is C30H30N2O7. The van der Waals surface area contributed by atoms with Gasteiger partial charge in [-0.05, 0) is 55.8 Å². The van der Waals surface area contributed by atoms with E-state index in [0.717, 1.165) is 21.9 Å². The van der Waals surface area contributed by atoms with Crippen molar-refractivity contribution in [2.24, 2.45) is 0 Å². The Morgan fingerprint density at radius 1 is 0.923 bits per heavy atom. The van der Waals surface area contributed by atoms with Crippen molar-refractivity contribution in [3.63, 3.8) is 0 Å². The molecule has 0 spiro atoms. The normalized spacial score (nSPS) is 10.6. The standard InChI is InChI=1S/C30H30N2O7/c1-3-36-25-13-8-14-26(18-25)39-30(35)32(20-28(33)34)19-22-9-7-12-24(17-22)37-16-15-27-21(2)38-29(31-27)23-10-5-4-6-11-23/h4-14,17-18H,3,15-16,19-20H2,1-2H3,(H,33,34). The van der Waals surface area contributed by atoms with E-state index in [4.69, 9.17) is 18.6 Å². The van der Waals surface area contributed by atoms with Crippen LogP contribution in [0.15, 0.2) is 83.3 Å². The third kappa shape index (κ3) is 7.85. The van der Waals surface area contributed by atoms with E-state index in [1.807, 2.05) is 44.2 Å². The Morgan fingerprint density at radius 3 is 2.38 bits per heavy atom. The lowest BCUT2D eigenvalue weighted by atomic mass is 10.2. The topological polar surface area (TPSA) is 111 Å². The Morgan fingerprint density at radius 2 is 1.64 bits per heavy atom. The molecule has 0 bridgehead atoms. The molecule has 1 N–H and O–H groups in total. The fraction of sp³-hybridized carbons (Fsp3) is 0.233. The van der Waals surface area contributed by atoms with Crippen molar-refractivity contribution in [3.8, 4) is 28.7 Å². The van der Waals surface area contributed by atoms with Crippen molar-refractivity contribution in [2.75, 3.05) is 19.8 Å². The number of carboxylic acid groups (broad SMARTS) is 1. The summed E-state index contributed by atoms with van der Waals surface area (Å²) in [5.41, 5.74) is 2.42. The summed E-state index contributed by atoms with van der Waals surface area (Å²) in [5, 5.41) is 9.36. The minimum Gasteiger partial charge on any atom is -0.494 e. The number of rotatable bonds is 12. The molecule has 0 radical (unpaired) electrons. The van der Waals surface area contributed by atoms with Crippen LogP contribution in [-0.2, 0) is 17.8 Å². The molecule has 0 aliphatic rings. The van der Waals surface area contributed by atoms with Crippen LogP contribution in [0.25, 0.3) is 11.5 Å². The van der Waals surface area contributed by atoms with Crippen LogP contribution in [0.3, 0.4) is 0 Å². The van der Waals surface area contributed by atoms with Gasteiger partial charge < -0.3 is 23.7 Å². The minimum atomic E-state index is -1.15. The number of carboxylic acids is 1. The van der Waals surface area contributed by atoms with Crippen LogP contribution in [0, 0.1) is 6.92 Å². The van der Waals surface area contributed by atoms with Gasteiger partial charge in [0.1, 0.15) is 29.6 Å². The summed E-state index contributed by atoms with van der Waals surface area (Å²) in [5.74, 6) is 1.55. The number of amides is 1. The summed E-state index contributed by atoms with van der Waals surface area (Å²) in [7, 11) is 0. The highest BCUT2D eigenvalue weighted by molar-refractivity contribution is 5.78. The third-order valence-electron chi connectivity index (χ3n) is 5.70. The number of aryl methyl sites for hydroxylation is 1. The summed E-state index contributed by atoms with van der Waals surface area (Å²) in [4.78, 5) is 30.0. The van der Waals surface area contributed by atoms with E-state index in [-0.39, 0.29) is 12.3 Å². The van der Waals surface area contributed by atoms with E-state index >= 15 is 0 Å². The Hall–Kier alpha value is -4.79. The van der Waals surface area contributed by atoms with E-state index in [2.05, 4.69) is 4.98 Å². The van der Waals surface area contributed by atoms with Gasteiger partial charge in [-0.2, -0.15) is 0 Å². The lowest BCUT2D eigenvalue weighted by Gasteiger charge is -2.20. The molecule has 1 aromatic heterocycles. The van der Waals surface area contributed by atoms with Gasteiger partial charge in [0.2, 0.25) is 5.89 Å². The molecule has 0 unspecified atom stereocenters. The predicted octanol–water partition coefficient (Wildman–Crippen LogP) is 5.76. The average Bonchev–Trinajstić information content (AvgIpc) is 3.29. The monoisotopic (exact) mass is 530 g/mol. The van der Waals surface area contributed by atoms with Gasteiger partial charge >= 0.3 is 12.1 Å². The second-order valence-electron chi connectivity index (χ2n) is 8.66. The van der Waals surface area contributed by atoms with Crippen LogP contribution in [0.2, 0.25) is 0 Å². The molecule has 0 saturated heterocycles. The molecule has 4 rings (SSSR count). The van der Waals surface area contributed by atoms with E-state index in [9.17, 15) is 14.7 Å². The zero-order valence-corrected chi connectivity index (χ0v) is 21.8. The predicted molar refractivity (Wildman–Crippen MR) is 144 cm³/mol. The lowest BCUT2D eigenvalue weighted by Crippen LogP contribution is -2.37. The number of aromatic nitrogens is 1. The van der Waals surface area contributed by atoms with E-state index < -0.39 is 18.6 Å². The number of benzene rings is 3. The van der Waals surface area contributed by atoms with Crippen molar-refractivity contribution < 1.29 is 33.3 Å². The van der Waals surface area contributed by atoms with Crippen molar-refractivity contribution in [1.29, 1.82) is 0 Å². The van der Waals surface area contributed by atoms with E-state index in [1.165, 1.54) is 0 Å². The molecular weight excluding hydrogens is 500 g/mol. The van der Waals surface area contributed by atoms with Crippen molar-refractivity contribution in [1.82, 2.24) is 9.88 Å². The summed E-state index contributed by atoms with van der Waals surface area (Å²) in [6.45, 7) is 4.05. The van der Waals surface area contributed by atoms with Gasteiger partial charge in [-0.1, -0.05) is 36.4 Å². The first-order valence-corrected chi connectivity index (χ1v) is 12.6. The second-order valence-corrected chi connectivity index (χ2v) is 8.66. The number of carbonyl (C=O) groups is 2. The number of carbonyl (C=O) groups excluding carboxylic acids is 1. The number of oxazole rings is 1. The Bertz CT molecular complexity index is 1400. The molecule has 3 aromatic carbocycles. The van der Waals surface area contributed by atoms with Gasteiger partial charge in [0.15, 0.2) is 0 Å². The number of hydrogen-bond acceptors (Lipinski definition) is 7. The Balaban J connectivity index is 1.37. The van der Waals surface area contributed by atoms with Crippen LogP contribution < -0.4 is 14.2 Å². The molecule has 0 fully saturated rings. The molecule has 0 aliphatic carbocycles. The fourth-order valence-corrected chi connectivity index (χ4v) is 3.89. The summed E-state index contributed by atoms with van der Waals surface area (Å²) >= 11 is 0. The molecule has 9 nitrogen and oxygen atoms in total. The first-order chi connectivity index (χ1) is 18.9. The molecule has 0 atom stereocenters. The maximum atomic E-state index is 12.8. The molecule has 0 aliphatic heterocycles. The molecule has 1 amide bonds. The zero-order valence-electron chi connectivity index (χ0n) is 21.8.